The van der Waals surface area contributed by atoms with Crippen molar-refractivity contribution in [1.82, 2.24) is 0 Å². The van der Waals surface area contributed by atoms with Gasteiger partial charge >= 0.3 is 0 Å². The minimum Gasteiger partial charge on any atom is -0.497 e. The van der Waals surface area contributed by atoms with E-state index in [0.717, 1.165) is 6.42 Å². The predicted octanol–water partition coefficient (Wildman–Crippen LogP) is 2.67. The molecule has 1 atom stereocenters. The third-order valence-corrected chi connectivity index (χ3v) is 2.39. The van der Waals surface area contributed by atoms with E-state index in [9.17, 15) is 4.39 Å². The lowest BCUT2D eigenvalue weighted by molar-refractivity contribution is 0.184. The van der Waals surface area contributed by atoms with Crippen LogP contribution in [0.1, 0.15) is 13.3 Å². The summed E-state index contributed by atoms with van der Waals surface area (Å²) in [5, 5.41) is 3.09. The quantitative estimate of drug-likeness (QED) is 0.810. The zero-order valence-electron chi connectivity index (χ0n) is 9.92. The van der Waals surface area contributed by atoms with Crippen LogP contribution in [-0.2, 0) is 4.74 Å². The summed E-state index contributed by atoms with van der Waals surface area (Å²) >= 11 is 0. The maximum absolute atomic E-state index is 13.5. The summed E-state index contributed by atoms with van der Waals surface area (Å²) in [6.07, 6.45) is 0.866. The van der Waals surface area contributed by atoms with E-state index in [0.29, 0.717) is 18.0 Å². The van der Waals surface area contributed by atoms with Crippen LogP contribution in [0.2, 0.25) is 0 Å². The number of methoxy groups -OCH3 is 2. The molecule has 0 heterocycles. The zero-order chi connectivity index (χ0) is 12.0. The minimum atomic E-state index is -0.282. The van der Waals surface area contributed by atoms with Crippen molar-refractivity contribution in [3.8, 4) is 5.75 Å². The highest BCUT2D eigenvalue weighted by Gasteiger charge is 2.09. The maximum atomic E-state index is 13.5. The molecule has 0 fully saturated rings. The number of rotatable bonds is 6. The Morgan fingerprint density at radius 2 is 2.12 bits per heavy atom. The van der Waals surface area contributed by atoms with Crippen molar-refractivity contribution >= 4 is 5.69 Å². The summed E-state index contributed by atoms with van der Waals surface area (Å²) in [7, 11) is 3.19. The first kappa shape index (κ1) is 12.8. The molecule has 1 unspecified atom stereocenters. The van der Waals surface area contributed by atoms with Crippen LogP contribution in [0.3, 0.4) is 0 Å². The lowest BCUT2D eigenvalue weighted by Crippen LogP contribution is -2.24. The lowest BCUT2D eigenvalue weighted by atomic mass is 10.2. The van der Waals surface area contributed by atoms with E-state index in [1.54, 1.807) is 26.4 Å². The fourth-order valence-electron chi connectivity index (χ4n) is 1.42. The molecule has 0 bridgehead atoms. The van der Waals surface area contributed by atoms with Crippen molar-refractivity contribution in [2.24, 2.45) is 0 Å². The van der Waals surface area contributed by atoms with Crippen molar-refractivity contribution in [3.63, 3.8) is 0 Å². The first-order valence-corrected chi connectivity index (χ1v) is 5.30. The molecule has 3 nitrogen and oxygen atoms in total. The van der Waals surface area contributed by atoms with E-state index in [1.807, 2.05) is 6.92 Å². The second kappa shape index (κ2) is 6.33. The Morgan fingerprint density at radius 3 is 2.69 bits per heavy atom. The van der Waals surface area contributed by atoms with Crippen molar-refractivity contribution in [3.05, 3.63) is 24.0 Å². The van der Waals surface area contributed by atoms with Crippen molar-refractivity contribution in [2.75, 3.05) is 26.1 Å². The number of hydrogen-bond donors (Lipinski definition) is 1. The molecule has 4 heteroatoms. The van der Waals surface area contributed by atoms with Gasteiger partial charge in [-0.25, -0.2) is 4.39 Å². The number of hydrogen-bond acceptors (Lipinski definition) is 3. The summed E-state index contributed by atoms with van der Waals surface area (Å²) in [6, 6.07) is 4.73. The smallest absolute Gasteiger partial charge is 0.146 e. The van der Waals surface area contributed by atoms with Gasteiger partial charge in [-0.1, -0.05) is 6.92 Å². The lowest BCUT2D eigenvalue weighted by Gasteiger charge is -2.18. The van der Waals surface area contributed by atoms with Gasteiger partial charge in [0.1, 0.15) is 11.6 Å². The largest absolute Gasteiger partial charge is 0.497 e. The van der Waals surface area contributed by atoms with Crippen LogP contribution in [0.5, 0.6) is 5.75 Å². The average Bonchev–Trinajstić information content (AvgIpc) is 2.31. The Bertz CT molecular complexity index is 331. The molecule has 0 aliphatic heterocycles. The van der Waals surface area contributed by atoms with Gasteiger partial charge in [0.25, 0.3) is 0 Å². The molecule has 1 aromatic rings. The minimum absolute atomic E-state index is 0.103. The molecule has 0 saturated carbocycles. The topological polar surface area (TPSA) is 30.5 Å². The standard InChI is InChI=1S/C12H18FNO2/c1-4-9(8-15-2)14-12-7-10(16-3)5-6-11(12)13/h5-7,9,14H,4,8H2,1-3H3. The van der Waals surface area contributed by atoms with Gasteiger partial charge in [-0.15, -0.1) is 0 Å². The number of anilines is 1. The zero-order valence-corrected chi connectivity index (χ0v) is 9.92. The van der Waals surface area contributed by atoms with Gasteiger partial charge in [0, 0.05) is 19.2 Å². The van der Waals surface area contributed by atoms with Crippen LogP contribution in [0.25, 0.3) is 0 Å². The maximum Gasteiger partial charge on any atom is 0.146 e. The van der Waals surface area contributed by atoms with E-state index < -0.39 is 0 Å². The van der Waals surface area contributed by atoms with Gasteiger partial charge in [-0.2, -0.15) is 0 Å². The van der Waals surface area contributed by atoms with Crippen LogP contribution in [0.15, 0.2) is 18.2 Å². The second-order valence-corrected chi connectivity index (χ2v) is 3.55. The predicted molar refractivity (Wildman–Crippen MR) is 62.5 cm³/mol. The molecule has 0 spiro atoms. The van der Waals surface area contributed by atoms with Gasteiger partial charge in [-0.3, -0.25) is 0 Å². The Balaban J connectivity index is 2.77. The van der Waals surface area contributed by atoms with Crippen molar-refractivity contribution in [1.29, 1.82) is 0 Å². The molecule has 0 aromatic heterocycles. The molecule has 0 radical (unpaired) electrons. The van der Waals surface area contributed by atoms with Gasteiger partial charge in [0.2, 0.25) is 0 Å². The number of halogens is 1. The fourth-order valence-corrected chi connectivity index (χ4v) is 1.42. The summed E-state index contributed by atoms with van der Waals surface area (Å²) in [6.45, 7) is 2.57. The van der Waals surface area contributed by atoms with Gasteiger partial charge in [0.15, 0.2) is 0 Å². The normalized spacial score (nSPS) is 12.2. The Kier molecular flexibility index (Phi) is 5.05. The molecule has 0 aliphatic rings. The number of ether oxygens (including phenoxy) is 2. The molecular weight excluding hydrogens is 209 g/mol. The first-order valence-electron chi connectivity index (χ1n) is 5.30. The fraction of sp³-hybridized carbons (Fsp3) is 0.500. The summed E-state index contributed by atoms with van der Waals surface area (Å²) < 4.78 is 23.6. The second-order valence-electron chi connectivity index (χ2n) is 3.55. The van der Waals surface area contributed by atoms with Crippen LogP contribution < -0.4 is 10.1 Å². The molecule has 1 aromatic carbocycles. The van der Waals surface area contributed by atoms with Gasteiger partial charge < -0.3 is 14.8 Å². The molecular formula is C12H18FNO2. The SMILES string of the molecule is CCC(COC)Nc1cc(OC)ccc1F. The molecule has 16 heavy (non-hydrogen) atoms. The van der Waals surface area contributed by atoms with Crippen molar-refractivity contribution in [2.45, 2.75) is 19.4 Å². The molecule has 0 amide bonds. The van der Waals surface area contributed by atoms with Crippen LogP contribution in [0, 0.1) is 5.82 Å². The summed E-state index contributed by atoms with van der Waals surface area (Å²) in [5.74, 6) is 0.353. The van der Waals surface area contributed by atoms with Crippen LogP contribution >= 0.6 is 0 Å². The average molecular weight is 227 g/mol. The van der Waals surface area contributed by atoms with Crippen LogP contribution in [0.4, 0.5) is 10.1 Å². The number of nitrogens with one attached hydrogen (secondary N) is 1. The van der Waals surface area contributed by atoms with Gasteiger partial charge in [0.05, 0.1) is 19.4 Å². The van der Waals surface area contributed by atoms with Crippen molar-refractivity contribution < 1.29 is 13.9 Å². The highest BCUT2D eigenvalue weighted by Crippen LogP contribution is 2.22. The Morgan fingerprint density at radius 1 is 1.38 bits per heavy atom. The molecule has 0 aliphatic carbocycles. The third-order valence-electron chi connectivity index (χ3n) is 2.39. The molecule has 1 N–H and O–H groups in total. The van der Waals surface area contributed by atoms with E-state index in [-0.39, 0.29) is 11.9 Å². The monoisotopic (exact) mass is 227 g/mol. The molecule has 0 saturated heterocycles. The third kappa shape index (κ3) is 3.38. The Labute approximate surface area is 95.6 Å². The summed E-state index contributed by atoms with van der Waals surface area (Å²) in [5.41, 5.74) is 0.447. The number of benzene rings is 1. The first-order chi connectivity index (χ1) is 7.71. The van der Waals surface area contributed by atoms with E-state index in [2.05, 4.69) is 5.32 Å². The molecule has 90 valence electrons. The highest BCUT2D eigenvalue weighted by atomic mass is 19.1. The summed E-state index contributed by atoms with van der Waals surface area (Å²) in [4.78, 5) is 0. The van der Waals surface area contributed by atoms with Crippen LogP contribution in [-0.4, -0.2) is 26.9 Å². The van der Waals surface area contributed by atoms with E-state index >= 15 is 0 Å². The molecule has 1 rings (SSSR count). The highest BCUT2D eigenvalue weighted by molar-refractivity contribution is 5.50. The van der Waals surface area contributed by atoms with E-state index in [1.165, 1.54) is 6.07 Å². The van der Waals surface area contributed by atoms with E-state index in [4.69, 9.17) is 9.47 Å². The van der Waals surface area contributed by atoms with Gasteiger partial charge in [-0.05, 0) is 18.6 Å². The Hall–Kier alpha value is -1.29.